The number of nitrogens with zero attached hydrogens (tertiary/aromatic N) is 4. The number of pyridine rings is 3. The second kappa shape index (κ2) is 12.1. The van der Waals surface area contributed by atoms with Gasteiger partial charge >= 0.3 is 5.97 Å². The SMILES string of the molecule is COc1cc(/C=C/c2ccc3ccc(C(=O)O)c(O)c3n2)cc(O)c1O.Cc1ccnc2c1NC(=O)c1cccnc1N2C1CC1. The Morgan fingerprint density at radius 1 is 0.978 bits per heavy atom. The van der Waals surface area contributed by atoms with Gasteiger partial charge in [0.1, 0.15) is 16.9 Å². The van der Waals surface area contributed by atoms with Crippen LogP contribution in [0, 0.1) is 6.92 Å². The van der Waals surface area contributed by atoms with Crippen LogP contribution in [0.3, 0.4) is 0 Å². The summed E-state index contributed by atoms with van der Waals surface area (Å²) in [6, 6.07) is 15.1. The topological polar surface area (TPSA) is 178 Å². The summed E-state index contributed by atoms with van der Waals surface area (Å²) in [6.45, 7) is 1.98. The lowest BCUT2D eigenvalue weighted by atomic mass is 10.1. The molecule has 1 fully saturated rings. The number of aryl methyl sites for hydroxylation is 1. The minimum Gasteiger partial charge on any atom is -0.505 e. The van der Waals surface area contributed by atoms with Gasteiger partial charge in [-0.15, -0.1) is 0 Å². The van der Waals surface area contributed by atoms with Gasteiger partial charge in [-0.3, -0.25) is 4.79 Å². The number of rotatable bonds is 5. The molecule has 2 aliphatic rings. The summed E-state index contributed by atoms with van der Waals surface area (Å²) >= 11 is 0. The maximum Gasteiger partial charge on any atom is 0.339 e. The number of carbonyl (C=O) groups excluding carboxylic acids is 1. The van der Waals surface area contributed by atoms with Crippen LogP contribution in [0.1, 0.15) is 50.4 Å². The maximum atomic E-state index is 12.4. The smallest absolute Gasteiger partial charge is 0.339 e. The molecule has 46 heavy (non-hydrogen) atoms. The Morgan fingerprint density at radius 3 is 2.48 bits per heavy atom. The van der Waals surface area contributed by atoms with Gasteiger partial charge < -0.3 is 35.4 Å². The molecule has 1 amide bonds. The molecule has 7 rings (SSSR count). The second-order valence-electron chi connectivity index (χ2n) is 10.8. The van der Waals surface area contributed by atoms with Crippen molar-refractivity contribution in [3.05, 3.63) is 94.9 Å². The van der Waals surface area contributed by atoms with Gasteiger partial charge in [-0.05, 0) is 79.4 Å². The van der Waals surface area contributed by atoms with Gasteiger partial charge in [0.05, 0.1) is 24.1 Å². The number of ether oxygens (including phenoxy) is 1. The summed E-state index contributed by atoms with van der Waals surface area (Å²) in [6.07, 6.45) is 8.98. The van der Waals surface area contributed by atoms with Crippen LogP contribution in [-0.2, 0) is 0 Å². The number of aromatic nitrogens is 3. The summed E-state index contributed by atoms with van der Waals surface area (Å²) in [5, 5.41) is 42.1. The molecular formula is C34H29N5O7. The Balaban J connectivity index is 0.000000166. The monoisotopic (exact) mass is 619 g/mol. The summed E-state index contributed by atoms with van der Waals surface area (Å²) in [5.41, 5.74) is 3.41. The zero-order chi connectivity index (χ0) is 32.5. The molecule has 0 saturated heterocycles. The third kappa shape index (κ3) is 5.71. The van der Waals surface area contributed by atoms with E-state index in [4.69, 9.17) is 9.84 Å². The van der Waals surface area contributed by atoms with Crippen molar-refractivity contribution in [3.8, 4) is 23.0 Å². The summed E-state index contributed by atoms with van der Waals surface area (Å²) in [7, 11) is 1.37. The van der Waals surface area contributed by atoms with Crippen molar-refractivity contribution < 1.29 is 34.8 Å². The summed E-state index contributed by atoms with van der Waals surface area (Å²) in [5.74, 6) is -0.775. The third-order valence-corrected chi connectivity index (χ3v) is 7.61. The van der Waals surface area contributed by atoms with Crippen LogP contribution in [0.25, 0.3) is 23.1 Å². The number of carboxylic acid groups (broad SMARTS) is 1. The van der Waals surface area contributed by atoms with E-state index in [2.05, 4.69) is 25.2 Å². The molecule has 0 bridgehead atoms. The van der Waals surface area contributed by atoms with Gasteiger partial charge in [0.15, 0.2) is 23.1 Å². The molecule has 1 aliphatic carbocycles. The fraction of sp³-hybridized carbons (Fsp3) is 0.147. The van der Waals surface area contributed by atoms with Gasteiger partial charge in [0.25, 0.3) is 5.91 Å². The van der Waals surface area contributed by atoms with Crippen LogP contribution in [-0.4, -0.2) is 60.4 Å². The molecule has 5 N–H and O–H groups in total. The number of methoxy groups -OCH3 is 1. The van der Waals surface area contributed by atoms with Crippen LogP contribution in [0.15, 0.2) is 67.0 Å². The number of amides is 1. The molecular weight excluding hydrogens is 590 g/mol. The van der Waals surface area contributed by atoms with E-state index in [1.54, 1.807) is 48.8 Å². The van der Waals surface area contributed by atoms with E-state index in [-0.39, 0.29) is 34.2 Å². The highest BCUT2D eigenvalue weighted by molar-refractivity contribution is 6.12. The summed E-state index contributed by atoms with van der Waals surface area (Å²) < 4.78 is 4.98. The van der Waals surface area contributed by atoms with Crippen molar-refractivity contribution in [3.63, 3.8) is 0 Å². The van der Waals surface area contributed by atoms with Gasteiger partial charge in [0, 0.05) is 23.8 Å². The number of aromatic carboxylic acids is 1. The van der Waals surface area contributed by atoms with Crippen molar-refractivity contribution in [1.82, 2.24) is 15.0 Å². The quantitative estimate of drug-likeness (QED) is 0.148. The minimum absolute atomic E-state index is 0.117. The number of aromatic hydroxyl groups is 3. The van der Waals surface area contributed by atoms with E-state index in [1.165, 1.54) is 25.3 Å². The van der Waals surface area contributed by atoms with Crippen LogP contribution >= 0.6 is 0 Å². The Morgan fingerprint density at radius 2 is 1.74 bits per heavy atom. The van der Waals surface area contributed by atoms with Crippen LogP contribution in [0.4, 0.5) is 17.3 Å². The van der Waals surface area contributed by atoms with Crippen molar-refractivity contribution in [1.29, 1.82) is 0 Å². The molecule has 1 saturated carbocycles. The van der Waals surface area contributed by atoms with Crippen molar-refractivity contribution in [2.75, 3.05) is 17.3 Å². The zero-order valence-corrected chi connectivity index (χ0v) is 24.8. The predicted octanol–water partition coefficient (Wildman–Crippen LogP) is 5.88. The number of carboxylic acids is 1. The molecule has 4 heterocycles. The number of anilines is 3. The molecule has 2 aromatic carbocycles. The van der Waals surface area contributed by atoms with E-state index in [1.807, 2.05) is 19.1 Å². The fourth-order valence-corrected chi connectivity index (χ4v) is 5.11. The fourth-order valence-electron chi connectivity index (χ4n) is 5.11. The normalized spacial score (nSPS) is 13.7. The number of hydrogen-bond donors (Lipinski definition) is 5. The van der Waals surface area contributed by atoms with Gasteiger partial charge in [-0.25, -0.2) is 19.7 Å². The molecule has 0 atom stereocenters. The standard InChI is InChI=1S/C19H15NO6.C15H14N4O/c1-26-15-9-10(8-14(21)18(15)23)2-5-12-6-3-11-4-7-13(19(24)25)17(22)16(11)20-12;1-9-6-8-17-14-12(9)18-15(20)11-3-2-7-16-13(11)19(14)10-4-5-10/h2-9,21-23H,1H3,(H,24,25);2-3,6-8,10H,4-5H2,1H3,(H,18,20)/b5-2+;. The Labute approximate surface area is 262 Å². The van der Waals surface area contributed by atoms with Gasteiger partial charge in [0.2, 0.25) is 5.75 Å². The number of hydrogen-bond acceptors (Lipinski definition) is 10. The number of benzene rings is 2. The largest absolute Gasteiger partial charge is 0.505 e. The van der Waals surface area contributed by atoms with E-state index in [0.717, 1.165) is 29.9 Å². The van der Waals surface area contributed by atoms with Crippen molar-refractivity contribution in [2.45, 2.75) is 25.8 Å². The van der Waals surface area contributed by atoms with Crippen LogP contribution in [0.2, 0.25) is 0 Å². The molecule has 5 aromatic rings. The number of phenols is 3. The zero-order valence-electron chi connectivity index (χ0n) is 24.8. The molecule has 232 valence electrons. The summed E-state index contributed by atoms with van der Waals surface area (Å²) in [4.78, 5) is 38.8. The van der Waals surface area contributed by atoms with E-state index < -0.39 is 11.7 Å². The minimum atomic E-state index is -1.24. The molecule has 0 radical (unpaired) electrons. The molecule has 12 nitrogen and oxygen atoms in total. The number of phenolic OH excluding ortho intramolecular Hbond substituents is 2. The van der Waals surface area contributed by atoms with Crippen molar-refractivity contribution >= 4 is 52.3 Å². The average molecular weight is 620 g/mol. The average Bonchev–Trinajstić information content (AvgIpc) is 3.90. The van der Waals surface area contributed by atoms with Crippen LogP contribution < -0.4 is 15.0 Å². The Kier molecular flexibility index (Phi) is 7.85. The predicted molar refractivity (Wildman–Crippen MR) is 172 cm³/mol. The van der Waals surface area contributed by atoms with E-state index in [9.17, 15) is 24.9 Å². The molecule has 0 spiro atoms. The lowest BCUT2D eigenvalue weighted by Crippen LogP contribution is -2.22. The number of nitrogens with one attached hydrogen (secondary N) is 1. The Hall–Kier alpha value is -6.17. The Bertz CT molecular complexity index is 2040. The van der Waals surface area contributed by atoms with Crippen molar-refractivity contribution in [2.24, 2.45) is 0 Å². The molecule has 3 aromatic heterocycles. The highest BCUT2D eigenvalue weighted by atomic mass is 16.5. The lowest BCUT2D eigenvalue weighted by Gasteiger charge is -2.23. The van der Waals surface area contributed by atoms with Gasteiger partial charge in [-0.2, -0.15) is 0 Å². The molecule has 12 heteroatoms. The molecule has 0 unspecified atom stereocenters. The molecule has 1 aliphatic heterocycles. The highest BCUT2D eigenvalue weighted by Gasteiger charge is 2.37. The van der Waals surface area contributed by atoms with Gasteiger partial charge in [-0.1, -0.05) is 18.2 Å². The second-order valence-corrected chi connectivity index (χ2v) is 10.8. The first kappa shape index (κ1) is 29.9. The number of fused-ring (bicyclic) bond motifs is 3. The van der Waals surface area contributed by atoms with E-state index in [0.29, 0.717) is 34.1 Å². The van der Waals surface area contributed by atoms with E-state index >= 15 is 0 Å². The lowest BCUT2D eigenvalue weighted by molar-refractivity contribution is 0.0693. The first-order valence-electron chi connectivity index (χ1n) is 14.3. The first-order valence-corrected chi connectivity index (χ1v) is 14.3. The number of carbonyl (C=O) groups is 2. The first-order chi connectivity index (χ1) is 22.2. The third-order valence-electron chi connectivity index (χ3n) is 7.61. The van der Waals surface area contributed by atoms with Crippen LogP contribution in [0.5, 0.6) is 23.0 Å². The highest BCUT2D eigenvalue weighted by Crippen LogP contribution is 2.43. The maximum absolute atomic E-state index is 12.4.